The molecule has 142 valence electrons. The number of aliphatic carboxylic acids is 1. The fraction of sp³-hybridized carbons (Fsp3) is 0.529. The number of aliphatic hydroxyl groups excluding tert-OH is 4. The fourth-order valence-corrected chi connectivity index (χ4v) is 3.28. The third-order valence-electron chi connectivity index (χ3n) is 4.76. The second-order valence-corrected chi connectivity index (χ2v) is 6.62. The molecule has 1 aliphatic carbocycles. The lowest BCUT2D eigenvalue weighted by atomic mass is 9.81. The van der Waals surface area contributed by atoms with E-state index in [4.69, 9.17) is 14.6 Å². The van der Waals surface area contributed by atoms with Crippen LogP contribution in [0.15, 0.2) is 18.2 Å². The van der Waals surface area contributed by atoms with E-state index in [0.717, 1.165) is 0 Å². The maximum Gasteiger partial charge on any atom is 0.335 e. The first kappa shape index (κ1) is 18.7. The molecule has 9 nitrogen and oxygen atoms in total. The first-order valence-electron chi connectivity index (χ1n) is 8.15. The van der Waals surface area contributed by atoms with Crippen molar-refractivity contribution in [2.45, 2.75) is 50.2 Å². The quantitative estimate of drug-likeness (QED) is 0.462. The molecular formula is C17H20O9. The fourth-order valence-electron chi connectivity index (χ4n) is 3.28. The molecule has 0 radical (unpaired) electrons. The van der Waals surface area contributed by atoms with Gasteiger partial charge in [-0.2, -0.15) is 0 Å². The van der Waals surface area contributed by atoms with Crippen LogP contribution in [0.3, 0.4) is 0 Å². The summed E-state index contributed by atoms with van der Waals surface area (Å²) in [5.41, 5.74) is 0.494. The van der Waals surface area contributed by atoms with Gasteiger partial charge in [-0.05, 0) is 17.5 Å². The van der Waals surface area contributed by atoms with Gasteiger partial charge >= 0.3 is 5.97 Å². The molecule has 0 bridgehead atoms. The van der Waals surface area contributed by atoms with E-state index in [1.54, 1.807) is 13.0 Å². The Labute approximate surface area is 148 Å². The van der Waals surface area contributed by atoms with Gasteiger partial charge in [0.2, 0.25) is 6.29 Å². The summed E-state index contributed by atoms with van der Waals surface area (Å²) in [6.07, 6.45) is -9.58. The van der Waals surface area contributed by atoms with E-state index in [0.29, 0.717) is 5.56 Å². The van der Waals surface area contributed by atoms with Crippen molar-refractivity contribution in [3.63, 3.8) is 0 Å². The van der Waals surface area contributed by atoms with Crippen LogP contribution in [0, 0.1) is 5.92 Å². The van der Waals surface area contributed by atoms with Crippen LogP contribution in [0.5, 0.6) is 5.75 Å². The molecule has 9 heteroatoms. The zero-order valence-electron chi connectivity index (χ0n) is 13.8. The lowest BCUT2D eigenvalue weighted by Gasteiger charge is -2.39. The Balaban J connectivity index is 1.92. The smallest absolute Gasteiger partial charge is 0.335 e. The van der Waals surface area contributed by atoms with Crippen LogP contribution < -0.4 is 4.74 Å². The highest BCUT2D eigenvalue weighted by atomic mass is 16.7. The Bertz CT molecular complexity index is 718. The molecule has 1 saturated heterocycles. The normalized spacial score (nSPS) is 37.1. The number of rotatable bonds is 3. The number of ketones is 1. The van der Waals surface area contributed by atoms with Gasteiger partial charge in [-0.25, -0.2) is 4.79 Å². The number of ether oxygens (including phenoxy) is 2. The third-order valence-corrected chi connectivity index (χ3v) is 4.76. The summed E-state index contributed by atoms with van der Waals surface area (Å²) >= 11 is 0. The highest BCUT2D eigenvalue weighted by molar-refractivity contribution is 6.01. The van der Waals surface area contributed by atoms with Gasteiger partial charge < -0.3 is 35.0 Å². The summed E-state index contributed by atoms with van der Waals surface area (Å²) in [7, 11) is 0. The molecule has 7 unspecified atom stereocenters. The lowest BCUT2D eigenvalue weighted by Crippen LogP contribution is -2.61. The van der Waals surface area contributed by atoms with Crippen molar-refractivity contribution < 1.29 is 44.6 Å². The van der Waals surface area contributed by atoms with Crippen LogP contribution >= 0.6 is 0 Å². The number of hydrogen-bond acceptors (Lipinski definition) is 8. The Morgan fingerprint density at radius 3 is 2.50 bits per heavy atom. The van der Waals surface area contributed by atoms with Gasteiger partial charge in [-0.1, -0.05) is 19.1 Å². The summed E-state index contributed by atoms with van der Waals surface area (Å²) in [5, 5.41) is 49.0. The Morgan fingerprint density at radius 1 is 1.15 bits per heavy atom. The lowest BCUT2D eigenvalue weighted by molar-refractivity contribution is -0.271. The topological polar surface area (TPSA) is 154 Å². The van der Waals surface area contributed by atoms with Crippen molar-refractivity contribution in [2.75, 3.05) is 0 Å². The summed E-state index contributed by atoms with van der Waals surface area (Å²) in [6.45, 7) is 1.74. The number of carbonyl (C=O) groups excluding carboxylic acids is 1. The molecule has 1 aromatic carbocycles. The molecular weight excluding hydrogens is 348 g/mol. The predicted molar refractivity (Wildman–Crippen MR) is 84.5 cm³/mol. The highest BCUT2D eigenvalue weighted by Gasteiger charge is 2.48. The molecule has 1 fully saturated rings. The minimum Gasteiger partial charge on any atom is -0.479 e. The number of fused-ring (bicyclic) bond motifs is 1. The zero-order chi connectivity index (χ0) is 19.2. The molecule has 2 aliphatic rings. The summed E-state index contributed by atoms with van der Waals surface area (Å²) in [5.74, 6) is -2.08. The number of Topliss-reactive ketones (excluding diaryl/α,β-unsaturated/α-hetero) is 1. The van der Waals surface area contributed by atoms with E-state index in [-0.39, 0.29) is 29.4 Å². The van der Waals surface area contributed by atoms with Crippen molar-refractivity contribution in [1.82, 2.24) is 0 Å². The largest absolute Gasteiger partial charge is 0.479 e. The molecule has 0 amide bonds. The van der Waals surface area contributed by atoms with Crippen LogP contribution in [-0.2, 0) is 9.53 Å². The maximum absolute atomic E-state index is 12.4. The highest BCUT2D eigenvalue weighted by Crippen LogP contribution is 2.39. The van der Waals surface area contributed by atoms with Crippen molar-refractivity contribution >= 4 is 11.8 Å². The van der Waals surface area contributed by atoms with E-state index in [9.17, 15) is 30.0 Å². The standard InChI is InChI=1S/C17H20O9/c1-6-5-8(18)10-7(11(6)19)3-2-4-9(10)25-17-14(22)12(20)13(21)15(26-17)16(23)24/h2-4,6,11-15,17,19-22H,5H2,1H3,(H,23,24). The zero-order valence-corrected chi connectivity index (χ0v) is 13.8. The number of carboxylic acids is 1. The van der Waals surface area contributed by atoms with Gasteiger partial charge in [0.25, 0.3) is 0 Å². The minimum absolute atomic E-state index is 0.00442. The second kappa shape index (κ2) is 6.93. The number of carbonyl (C=O) groups is 2. The monoisotopic (exact) mass is 368 g/mol. The van der Waals surface area contributed by atoms with E-state index in [1.165, 1.54) is 12.1 Å². The van der Waals surface area contributed by atoms with E-state index < -0.39 is 42.8 Å². The predicted octanol–water partition coefficient (Wildman–Crippen LogP) is -0.786. The van der Waals surface area contributed by atoms with Gasteiger partial charge in [0.15, 0.2) is 11.9 Å². The summed E-state index contributed by atoms with van der Waals surface area (Å²) in [6, 6.07) is 4.54. The minimum atomic E-state index is -1.84. The maximum atomic E-state index is 12.4. The molecule has 1 aliphatic heterocycles. The summed E-state index contributed by atoms with van der Waals surface area (Å²) in [4.78, 5) is 23.6. The molecule has 7 atom stereocenters. The third kappa shape index (κ3) is 3.08. The molecule has 0 spiro atoms. The number of carboxylic acid groups (broad SMARTS) is 1. The average Bonchev–Trinajstić information content (AvgIpc) is 2.59. The van der Waals surface area contributed by atoms with Gasteiger partial charge in [0, 0.05) is 6.42 Å². The van der Waals surface area contributed by atoms with Crippen LogP contribution in [0.2, 0.25) is 0 Å². The number of benzene rings is 1. The molecule has 26 heavy (non-hydrogen) atoms. The van der Waals surface area contributed by atoms with Crippen molar-refractivity contribution in [2.24, 2.45) is 5.92 Å². The first-order valence-corrected chi connectivity index (χ1v) is 8.15. The van der Waals surface area contributed by atoms with Gasteiger partial charge in [-0.15, -0.1) is 0 Å². The van der Waals surface area contributed by atoms with Gasteiger partial charge in [0.1, 0.15) is 24.1 Å². The van der Waals surface area contributed by atoms with Crippen LogP contribution in [0.1, 0.15) is 35.4 Å². The SMILES string of the molecule is CC1CC(=O)c2c(OC3OC(C(=O)O)C(O)C(O)C3O)cccc2C1O. The average molecular weight is 368 g/mol. The van der Waals surface area contributed by atoms with Crippen LogP contribution in [-0.4, -0.2) is 68.0 Å². The molecule has 3 rings (SSSR count). The van der Waals surface area contributed by atoms with Gasteiger partial charge in [0.05, 0.1) is 11.7 Å². The number of aliphatic hydroxyl groups is 4. The first-order chi connectivity index (χ1) is 12.2. The Kier molecular flexibility index (Phi) is 5.00. The van der Waals surface area contributed by atoms with Crippen molar-refractivity contribution in [3.8, 4) is 5.75 Å². The van der Waals surface area contributed by atoms with E-state index >= 15 is 0 Å². The molecule has 1 heterocycles. The van der Waals surface area contributed by atoms with E-state index in [2.05, 4.69) is 0 Å². The van der Waals surface area contributed by atoms with Crippen molar-refractivity contribution in [1.29, 1.82) is 0 Å². The van der Waals surface area contributed by atoms with E-state index in [1.807, 2.05) is 0 Å². The molecule has 0 saturated carbocycles. The van der Waals surface area contributed by atoms with Crippen LogP contribution in [0.25, 0.3) is 0 Å². The Hall–Kier alpha value is -2.04. The molecule has 0 aromatic heterocycles. The molecule has 5 N–H and O–H groups in total. The molecule has 1 aromatic rings. The van der Waals surface area contributed by atoms with Crippen LogP contribution in [0.4, 0.5) is 0 Å². The van der Waals surface area contributed by atoms with Crippen molar-refractivity contribution in [3.05, 3.63) is 29.3 Å². The Morgan fingerprint density at radius 2 is 1.85 bits per heavy atom. The van der Waals surface area contributed by atoms with Gasteiger partial charge in [-0.3, -0.25) is 4.79 Å². The summed E-state index contributed by atoms with van der Waals surface area (Å²) < 4.78 is 10.5. The second-order valence-electron chi connectivity index (χ2n) is 6.62. The number of hydrogen-bond donors (Lipinski definition) is 5.